The normalized spacial score (nSPS) is 22.5. The van der Waals surface area contributed by atoms with E-state index in [0.717, 1.165) is 58.1 Å². The molecule has 0 radical (unpaired) electrons. The number of piperidine rings is 1. The minimum absolute atomic E-state index is 0.0235. The Morgan fingerprint density at radius 1 is 1.15 bits per heavy atom. The van der Waals surface area contributed by atoms with Gasteiger partial charge in [0.05, 0.1) is 0 Å². The third kappa shape index (κ3) is 4.33. The molecular weight excluding hydrogens is 417 g/mol. The minimum atomic E-state index is -0.0235. The number of likely N-dealkylation sites (tertiary alicyclic amines) is 1. The van der Waals surface area contributed by atoms with Crippen LogP contribution in [0.3, 0.4) is 0 Å². The van der Waals surface area contributed by atoms with E-state index in [1.807, 2.05) is 67.4 Å². The Morgan fingerprint density at radius 3 is 2.79 bits per heavy atom. The molecule has 33 heavy (non-hydrogen) atoms. The number of amidine groups is 1. The second-order valence-electron chi connectivity index (χ2n) is 9.06. The van der Waals surface area contributed by atoms with Crippen molar-refractivity contribution in [3.63, 3.8) is 0 Å². The number of pyridine rings is 1. The van der Waals surface area contributed by atoms with Crippen LogP contribution in [-0.4, -0.2) is 46.0 Å². The van der Waals surface area contributed by atoms with Crippen molar-refractivity contribution in [1.29, 1.82) is 0 Å². The molecule has 1 aromatic heterocycles. The zero-order valence-electron chi connectivity index (χ0n) is 19.1. The number of quaternary nitrogens is 1. The summed E-state index contributed by atoms with van der Waals surface area (Å²) in [4.78, 5) is 26.2. The van der Waals surface area contributed by atoms with Crippen LogP contribution < -0.4 is 4.90 Å². The molecule has 0 saturated carbocycles. The molecule has 170 valence electrons. The fourth-order valence-electron chi connectivity index (χ4n) is 4.99. The van der Waals surface area contributed by atoms with Gasteiger partial charge in [-0.3, -0.25) is 4.79 Å². The number of hydrogen-bond donors (Lipinski definition) is 1. The predicted octanol–water partition coefficient (Wildman–Crippen LogP) is 3.64. The summed E-state index contributed by atoms with van der Waals surface area (Å²) >= 11 is 0. The lowest BCUT2D eigenvalue weighted by atomic mass is 9.96. The maximum Gasteiger partial charge on any atom is 0.273 e. The van der Waals surface area contributed by atoms with E-state index in [9.17, 15) is 9.28 Å². The lowest BCUT2D eigenvalue weighted by Crippen LogP contribution is -3.11. The second kappa shape index (κ2) is 8.90. The fourth-order valence-corrected chi connectivity index (χ4v) is 4.99. The number of aliphatic imine (C=N–C) groups is 1. The Balaban J connectivity index is 1.41. The standard InChI is InChI=1S/C26H28FN5O/c1-18-15-31(27)17-30-16-21(29-25(18)30)14-22-10-6-7-13-32(22)26(33)24-23(12-11-19(2)28-24)20-8-4-3-5-9-20/h3-5,8-9,11-12,15-16,22H,6-7,10,13-14,17H2,1-2H3/p+1/t22-/m0/s1. The molecule has 1 saturated heterocycles. The van der Waals surface area contributed by atoms with Gasteiger partial charge in [0, 0.05) is 42.0 Å². The van der Waals surface area contributed by atoms with Gasteiger partial charge >= 0.3 is 0 Å². The number of carbonyl (C=O) groups is 1. The molecule has 0 spiro atoms. The van der Waals surface area contributed by atoms with Gasteiger partial charge in [0.1, 0.15) is 17.6 Å². The summed E-state index contributed by atoms with van der Waals surface area (Å²) < 4.78 is 13.8. The zero-order valence-corrected chi connectivity index (χ0v) is 19.1. The van der Waals surface area contributed by atoms with E-state index in [1.165, 1.54) is 6.20 Å². The summed E-state index contributed by atoms with van der Waals surface area (Å²) in [5.74, 6) is 0.851. The predicted molar refractivity (Wildman–Crippen MR) is 126 cm³/mol. The Labute approximate surface area is 193 Å². The van der Waals surface area contributed by atoms with Gasteiger partial charge in [-0.05, 0) is 44.7 Å². The number of aromatic nitrogens is 1. The van der Waals surface area contributed by atoms with Crippen molar-refractivity contribution >= 4 is 11.7 Å². The molecule has 1 amide bonds. The SMILES string of the molecule is CC1=CN(F)C[NH+]2C=C(C[C@@H]3CCCCN3C(=O)c3nc(C)ccc3-c3ccccc3)N=C12. The summed E-state index contributed by atoms with van der Waals surface area (Å²) in [6.45, 7) is 4.74. The van der Waals surface area contributed by atoms with Crippen molar-refractivity contribution in [2.75, 3.05) is 13.2 Å². The lowest BCUT2D eigenvalue weighted by Gasteiger charge is -2.35. The van der Waals surface area contributed by atoms with Gasteiger partial charge in [0.2, 0.25) is 5.84 Å². The van der Waals surface area contributed by atoms with Crippen LogP contribution in [0.2, 0.25) is 0 Å². The maximum atomic E-state index is 13.8. The highest BCUT2D eigenvalue weighted by Gasteiger charge is 2.35. The molecule has 1 aromatic carbocycles. The summed E-state index contributed by atoms with van der Waals surface area (Å²) in [7, 11) is 0. The lowest BCUT2D eigenvalue weighted by molar-refractivity contribution is -0.764. The molecule has 1 N–H and O–H groups in total. The molecule has 1 unspecified atom stereocenters. The number of benzene rings is 1. The quantitative estimate of drug-likeness (QED) is 0.730. The first kappa shape index (κ1) is 21.5. The molecule has 4 heterocycles. The Hall–Kier alpha value is -3.32. The monoisotopic (exact) mass is 446 g/mol. The molecule has 1 fully saturated rings. The molecule has 0 bridgehead atoms. The number of aryl methyl sites for hydroxylation is 1. The van der Waals surface area contributed by atoms with Crippen molar-refractivity contribution < 1.29 is 14.2 Å². The third-order valence-corrected chi connectivity index (χ3v) is 6.58. The van der Waals surface area contributed by atoms with Crippen molar-refractivity contribution in [1.82, 2.24) is 15.0 Å². The van der Waals surface area contributed by atoms with E-state index < -0.39 is 0 Å². The van der Waals surface area contributed by atoms with Crippen molar-refractivity contribution in [3.8, 4) is 11.1 Å². The van der Waals surface area contributed by atoms with E-state index in [2.05, 4.69) is 4.98 Å². The van der Waals surface area contributed by atoms with E-state index in [-0.39, 0.29) is 18.6 Å². The highest BCUT2D eigenvalue weighted by atomic mass is 19.2. The minimum Gasteiger partial charge on any atom is -0.334 e. The first-order valence-corrected chi connectivity index (χ1v) is 11.6. The Kier molecular flexibility index (Phi) is 5.81. The first-order valence-electron chi connectivity index (χ1n) is 11.6. The highest BCUT2D eigenvalue weighted by Crippen LogP contribution is 2.29. The molecule has 2 aromatic rings. The summed E-state index contributed by atoms with van der Waals surface area (Å²) in [5, 5.41) is 0.702. The number of amides is 1. The Morgan fingerprint density at radius 2 is 1.97 bits per heavy atom. The van der Waals surface area contributed by atoms with E-state index in [4.69, 9.17) is 4.99 Å². The van der Waals surface area contributed by atoms with Gasteiger partial charge in [0.25, 0.3) is 5.91 Å². The molecule has 7 heteroatoms. The fraction of sp³-hybridized carbons (Fsp3) is 0.346. The van der Waals surface area contributed by atoms with Crippen LogP contribution in [0, 0.1) is 6.92 Å². The zero-order chi connectivity index (χ0) is 22.9. The summed E-state index contributed by atoms with van der Waals surface area (Å²) in [6, 6.07) is 14.0. The van der Waals surface area contributed by atoms with Crippen LogP contribution in [-0.2, 0) is 0 Å². The average molecular weight is 447 g/mol. The number of rotatable bonds is 4. The number of nitrogens with one attached hydrogen (secondary N) is 1. The summed E-state index contributed by atoms with van der Waals surface area (Å²) in [6.07, 6.45) is 7.15. The third-order valence-electron chi connectivity index (χ3n) is 6.58. The molecule has 6 nitrogen and oxygen atoms in total. The van der Waals surface area contributed by atoms with Gasteiger partial charge in [-0.15, -0.1) is 0 Å². The molecule has 2 atom stereocenters. The molecule has 0 aliphatic carbocycles. The van der Waals surface area contributed by atoms with E-state index in [0.29, 0.717) is 23.8 Å². The topological polar surface area (TPSA) is 53.2 Å². The number of nitrogens with zero attached hydrogens (tertiary/aromatic N) is 4. The number of hydrogen-bond acceptors (Lipinski definition) is 4. The molecule has 3 aliphatic rings. The van der Waals surface area contributed by atoms with E-state index in [1.54, 1.807) is 0 Å². The average Bonchev–Trinajstić information content (AvgIpc) is 3.22. The largest absolute Gasteiger partial charge is 0.334 e. The molecular formula is C26H29FN5O+. The van der Waals surface area contributed by atoms with Crippen LogP contribution >= 0.6 is 0 Å². The molecule has 5 rings (SSSR count). The smallest absolute Gasteiger partial charge is 0.273 e. The highest BCUT2D eigenvalue weighted by molar-refractivity contribution is 5.99. The van der Waals surface area contributed by atoms with Crippen molar-refractivity contribution in [2.24, 2.45) is 4.99 Å². The van der Waals surface area contributed by atoms with Gasteiger partial charge in [-0.2, -0.15) is 10.1 Å². The van der Waals surface area contributed by atoms with Crippen molar-refractivity contribution in [3.05, 3.63) is 77.5 Å². The van der Waals surface area contributed by atoms with Gasteiger partial charge in [0.15, 0.2) is 6.67 Å². The number of halogens is 1. The van der Waals surface area contributed by atoms with Crippen LogP contribution in [0.1, 0.15) is 48.8 Å². The van der Waals surface area contributed by atoms with Crippen LogP contribution in [0.4, 0.5) is 4.48 Å². The van der Waals surface area contributed by atoms with Crippen LogP contribution in [0.5, 0.6) is 0 Å². The molecule has 3 aliphatic heterocycles. The van der Waals surface area contributed by atoms with Crippen molar-refractivity contribution in [2.45, 2.75) is 45.6 Å². The summed E-state index contributed by atoms with van der Waals surface area (Å²) in [5.41, 5.74) is 4.95. The van der Waals surface area contributed by atoms with Gasteiger partial charge in [-0.1, -0.05) is 40.9 Å². The van der Waals surface area contributed by atoms with Crippen LogP contribution in [0.25, 0.3) is 11.1 Å². The Bertz CT molecular complexity index is 1160. The second-order valence-corrected chi connectivity index (χ2v) is 9.06. The first-order chi connectivity index (χ1) is 16.0. The maximum absolute atomic E-state index is 13.8. The van der Waals surface area contributed by atoms with Gasteiger partial charge < -0.3 is 4.90 Å². The number of fused-ring (bicyclic) bond motifs is 1. The number of carbonyl (C=O) groups excluding carboxylic acids is 1. The van der Waals surface area contributed by atoms with Gasteiger partial charge in [-0.25, -0.2) is 9.88 Å². The van der Waals surface area contributed by atoms with E-state index >= 15 is 0 Å². The van der Waals surface area contributed by atoms with Crippen LogP contribution in [0.15, 0.2) is 71.1 Å².